The molecule has 2 aromatic rings. The quantitative estimate of drug-likeness (QED) is 0.764. The van der Waals surface area contributed by atoms with Gasteiger partial charge in [-0.15, -0.1) is 0 Å². The molecular weight excluding hydrogens is 350 g/mol. The maximum atomic E-state index is 12.5. The Kier molecular flexibility index (Phi) is 6.90. The van der Waals surface area contributed by atoms with Crippen LogP contribution in [0.1, 0.15) is 15.9 Å². The normalized spacial score (nSPS) is 11.7. The fourth-order valence-electron chi connectivity index (χ4n) is 2.37. The van der Waals surface area contributed by atoms with Gasteiger partial charge in [0, 0.05) is 32.2 Å². The number of carbonyl (C=O) groups is 1. The first-order valence-corrected chi connectivity index (χ1v) is 9.78. The van der Waals surface area contributed by atoms with Gasteiger partial charge in [0.05, 0.1) is 4.90 Å². The number of sulfonamides is 1. The van der Waals surface area contributed by atoms with Gasteiger partial charge in [-0.25, -0.2) is 8.42 Å². The van der Waals surface area contributed by atoms with Crippen molar-refractivity contribution in [2.24, 2.45) is 0 Å². The molecule has 7 heteroatoms. The lowest BCUT2D eigenvalue weighted by Crippen LogP contribution is -2.31. The molecule has 0 saturated carbocycles. The van der Waals surface area contributed by atoms with Crippen LogP contribution in [0.4, 0.5) is 0 Å². The zero-order valence-electron chi connectivity index (χ0n) is 15.3. The standard InChI is InChI=1S/C19H25N3O3S/c1-21(2)14-13-20-19(23)17-11-9-16(10-12-17)15-22(3)26(24,25)18-7-5-4-6-8-18/h4-12H,13-15H2,1-3H3,(H,20,23). The second kappa shape index (κ2) is 8.93. The first-order valence-electron chi connectivity index (χ1n) is 8.34. The van der Waals surface area contributed by atoms with Crippen molar-refractivity contribution in [3.05, 3.63) is 65.7 Å². The Hall–Kier alpha value is -2.22. The lowest BCUT2D eigenvalue weighted by molar-refractivity contribution is 0.0951. The molecule has 0 heterocycles. The van der Waals surface area contributed by atoms with Gasteiger partial charge in [0.1, 0.15) is 0 Å². The van der Waals surface area contributed by atoms with E-state index in [0.29, 0.717) is 12.1 Å². The fourth-order valence-corrected chi connectivity index (χ4v) is 3.55. The Morgan fingerprint density at radius 1 is 0.962 bits per heavy atom. The predicted molar refractivity (Wildman–Crippen MR) is 102 cm³/mol. The maximum absolute atomic E-state index is 12.5. The molecule has 26 heavy (non-hydrogen) atoms. The summed E-state index contributed by atoms with van der Waals surface area (Å²) in [5.41, 5.74) is 1.37. The van der Waals surface area contributed by atoms with Gasteiger partial charge in [0.15, 0.2) is 0 Å². The molecule has 1 amide bonds. The van der Waals surface area contributed by atoms with Crippen molar-refractivity contribution < 1.29 is 13.2 Å². The van der Waals surface area contributed by atoms with Crippen LogP contribution >= 0.6 is 0 Å². The SMILES string of the molecule is CN(C)CCNC(=O)c1ccc(CN(C)S(=O)(=O)c2ccccc2)cc1. The van der Waals surface area contributed by atoms with E-state index in [-0.39, 0.29) is 17.3 Å². The van der Waals surface area contributed by atoms with Crippen molar-refractivity contribution >= 4 is 15.9 Å². The minimum atomic E-state index is -3.53. The van der Waals surface area contributed by atoms with E-state index in [0.717, 1.165) is 12.1 Å². The summed E-state index contributed by atoms with van der Waals surface area (Å²) in [4.78, 5) is 14.3. The first kappa shape index (κ1) is 20.1. The van der Waals surface area contributed by atoms with Gasteiger partial charge in [0.2, 0.25) is 10.0 Å². The number of amides is 1. The zero-order valence-corrected chi connectivity index (χ0v) is 16.2. The molecule has 2 aromatic carbocycles. The van der Waals surface area contributed by atoms with Crippen molar-refractivity contribution in [2.75, 3.05) is 34.2 Å². The topological polar surface area (TPSA) is 69.7 Å². The van der Waals surface area contributed by atoms with Crippen molar-refractivity contribution in [1.29, 1.82) is 0 Å². The van der Waals surface area contributed by atoms with E-state index >= 15 is 0 Å². The van der Waals surface area contributed by atoms with Crippen LogP contribution in [0.2, 0.25) is 0 Å². The van der Waals surface area contributed by atoms with Crippen LogP contribution in [-0.4, -0.2) is 57.8 Å². The number of hydrogen-bond donors (Lipinski definition) is 1. The van der Waals surface area contributed by atoms with Crippen LogP contribution in [0.25, 0.3) is 0 Å². The Morgan fingerprint density at radius 2 is 1.58 bits per heavy atom. The van der Waals surface area contributed by atoms with Crippen molar-refractivity contribution in [2.45, 2.75) is 11.4 Å². The molecule has 0 radical (unpaired) electrons. The lowest BCUT2D eigenvalue weighted by Gasteiger charge is -2.17. The monoisotopic (exact) mass is 375 g/mol. The number of nitrogens with one attached hydrogen (secondary N) is 1. The average Bonchev–Trinajstić information content (AvgIpc) is 2.62. The first-order chi connectivity index (χ1) is 12.3. The Morgan fingerprint density at radius 3 is 2.15 bits per heavy atom. The molecule has 140 valence electrons. The number of hydrogen-bond acceptors (Lipinski definition) is 4. The molecule has 0 aliphatic heterocycles. The number of nitrogens with zero attached hydrogens (tertiary/aromatic N) is 2. The average molecular weight is 375 g/mol. The number of rotatable bonds is 8. The largest absolute Gasteiger partial charge is 0.351 e. The summed E-state index contributed by atoms with van der Waals surface area (Å²) in [6.07, 6.45) is 0. The molecule has 0 bridgehead atoms. The highest BCUT2D eigenvalue weighted by atomic mass is 32.2. The Bertz CT molecular complexity index is 819. The van der Waals surface area contributed by atoms with Crippen LogP contribution in [0.5, 0.6) is 0 Å². The number of carbonyl (C=O) groups excluding carboxylic acids is 1. The van der Waals surface area contributed by atoms with Crippen molar-refractivity contribution in [3.63, 3.8) is 0 Å². The third-order valence-corrected chi connectivity index (χ3v) is 5.73. The summed E-state index contributed by atoms with van der Waals surface area (Å²) < 4.78 is 26.4. The predicted octanol–water partition coefficient (Wildman–Crippen LogP) is 1.80. The van der Waals surface area contributed by atoms with Crippen molar-refractivity contribution in [1.82, 2.24) is 14.5 Å². The molecule has 2 rings (SSSR count). The highest BCUT2D eigenvalue weighted by molar-refractivity contribution is 7.89. The van der Waals surface area contributed by atoms with Gasteiger partial charge in [-0.3, -0.25) is 4.79 Å². The smallest absolute Gasteiger partial charge is 0.251 e. The minimum absolute atomic E-state index is 0.135. The van der Waals surface area contributed by atoms with Crippen LogP contribution in [0, 0.1) is 0 Å². The minimum Gasteiger partial charge on any atom is -0.351 e. The summed E-state index contributed by atoms with van der Waals surface area (Å²) >= 11 is 0. The Labute approximate surface area is 155 Å². The molecule has 0 fully saturated rings. The van der Waals surface area contributed by atoms with Crippen molar-refractivity contribution in [3.8, 4) is 0 Å². The van der Waals surface area contributed by atoms with E-state index in [4.69, 9.17) is 0 Å². The van der Waals surface area contributed by atoms with Gasteiger partial charge < -0.3 is 10.2 Å². The zero-order chi connectivity index (χ0) is 19.2. The third-order valence-electron chi connectivity index (χ3n) is 3.92. The summed E-state index contributed by atoms with van der Waals surface area (Å²) in [7, 11) is 1.90. The van der Waals surface area contributed by atoms with E-state index in [1.165, 1.54) is 4.31 Å². The van der Waals surface area contributed by atoms with E-state index in [1.807, 2.05) is 19.0 Å². The molecule has 0 atom stereocenters. The molecule has 1 N–H and O–H groups in total. The molecule has 0 aliphatic rings. The van der Waals surface area contributed by atoms with Crippen LogP contribution in [0.15, 0.2) is 59.5 Å². The van der Waals surface area contributed by atoms with E-state index in [9.17, 15) is 13.2 Å². The highest BCUT2D eigenvalue weighted by Gasteiger charge is 2.20. The number of likely N-dealkylation sites (N-methyl/N-ethyl adjacent to an activating group) is 1. The van der Waals surface area contributed by atoms with Gasteiger partial charge in [-0.05, 0) is 43.9 Å². The van der Waals surface area contributed by atoms with Gasteiger partial charge >= 0.3 is 0 Å². The van der Waals surface area contributed by atoms with Gasteiger partial charge in [-0.1, -0.05) is 30.3 Å². The molecule has 0 saturated heterocycles. The van der Waals surface area contributed by atoms with Crippen LogP contribution in [0.3, 0.4) is 0 Å². The lowest BCUT2D eigenvalue weighted by atomic mass is 10.1. The molecule has 0 unspecified atom stereocenters. The molecule has 6 nitrogen and oxygen atoms in total. The second-order valence-electron chi connectivity index (χ2n) is 6.33. The third kappa shape index (κ3) is 5.39. The van der Waals surface area contributed by atoms with Crippen LogP contribution in [-0.2, 0) is 16.6 Å². The highest BCUT2D eigenvalue weighted by Crippen LogP contribution is 2.16. The summed E-state index contributed by atoms with van der Waals surface area (Å²) in [6.45, 7) is 1.58. The van der Waals surface area contributed by atoms with E-state index < -0.39 is 10.0 Å². The molecular formula is C19H25N3O3S. The Balaban J connectivity index is 1.99. The summed E-state index contributed by atoms with van der Waals surface area (Å²) in [5.74, 6) is -0.135. The molecule has 0 spiro atoms. The van der Waals surface area contributed by atoms with Crippen LogP contribution < -0.4 is 5.32 Å². The van der Waals surface area contributed by atoms with E-state index in [1.54, 1.807) is 61.6 Å². The maximum Gasteiger partial charge on any atom is 0.251 e. The summed E-state index contributed by atoms with van der Waals surface area (Å²) in [5, 5.41) is 2.85. The molecule has 0 aliphatic carbocycles. The fraction of sp³-hybridized carbons (Fsp3) is 0.316. The van der Waals surface area contributed by atoms with Gasteiger partial charge in [0.25, 0.3) is 5.91 Å². The van der Waals surface area contributed by atoms with Gasteiger partial charge in [-0.2, -0.15) is 4.31 Å². The second-order valence-corrected chi connectivity index (χ2v) is 8.38. The van der Waals surface area contributed by atoms with E-state index in [2.05, 4.69) is 5.32 Å². The number of benzene rings is 2. The molecule has 0 aromatic heterocycles. The summed E-state index contributed by atoms with van der Waals surface area (Å²) in [6, 6.07) is 15.3.